The van der Waals surface area contributed by atoms with Gasteiger partial charge in [-0.25, -0.2) is 0 Å². The van der Waals surface area contributed by atoms with Crippen LogP contribution in [0, 0.1) is 0 Å². The average Bonchev–Trinajstić information content (AvgIpc) is 2.78. The van der Waals surface area contributed by atoms with Crippen molar-refractivity contribution in [3.05, 3.63) is 0 Å². The molecule has 188 valence electrons. The molecule has 0 unspecified atom stereocenters. The fourth-order valence-corrected chi connectivity index (χ4v) is 11.2. The summed E-state index contributed by atoms with van der Waals surface area (Å²) in [5, 5.41) is 0. The summed E-state index contributed by atoms with van der Waals surface area (Å²) >= 11 is 0. The summed E-state index contributed by atoms with van der Waals surface area (Å²) in [5.41, 5.74) is -0.650. The zero-order valence-electron chi connectivity index (χ0n) is 21.2. The predicted octanol–water partition coefficient (Wildman–Crippen LogP) is 6.02. The molecule has 31 heavy (non-hydrogen) atoms. The molecule has 0 saturated carbocycles. The fourth-order valence-electron chi connectivity index (χ4n) is 2.73. The van der Waals surface area contributed by atoms with Gasteiger partial charge in [-0.1, -0.05) is 88.1 Å². The van der Waals surface area contributed by atoms with Gasteiger partial charge in [0.15, 0.2) is 10.8 Å². The Bertz CT molecular complexity index is 342. The molecule has 0 atom stereocenters. The van der Waals surface area contributed by atoms with Gasteiger partial charge in [-0.15, -0.1) is 0 Å². The van der Waals surface area contributed by atoms with E-state index in [4.69, 9.17) is 18.9 Å². The number of hydrogen-bond donors (Lipinski definition) is 0. The van der Waals surface area contributed by atoms with E-state index in [0.717, 1.165) is 89.3 Å². The van der Waals surface area contributed by atoms with Gasteiger partial charge in [0.2, 0.25) is 0 Å². The van der Waals surface area contributed by atoms with E-state index in [-0.39, 0.29) is 10.8 Å². The van der Waals surface area contributed by atoms with Crippen molar-refractivity contribution in [2.24, 2.45) is 0 Å². The first-order valence-corrected chi connectivity index (χ1v) is 20.6. The molecule has 0 N–H and O–H groups in total. The second kappa shape index (κ2) is 21.8. The molecule has 0 aliphatic rings. The molecule has 0 bridgehead atoms. The summed E-state index contributed by atoms with van der Waals surface area (Å²) < 4.78 is 25.3. The largest absolute Gasteiger partial charge is 0.354 e. The van der Waals surface area contributed by atoms with E-state index in [0.29, 0.717) is 0 Å². The molecule has 0 aromatic heterocycles. The van der Waals surface area contributed by atoms with Gasteiger partial charge in [0.05, 0.1) is 30.5 Å². The zero-order valence-corrected chi connectivity index (χ0v) is 26.4. The molecule has 0 aliphatic heterocycles. The predicted molar refractivity (Wildman–Crippen MR) is 150 cm³/mol. The normalized spacial score (nSPS) is 13.4. The van der Waals surface area contributed by atoms with E-state index in [1.807, 2.05) is 31.4 Å². The lowest BCUT2D eigenvalue weighted by Crippen LogP contribution is -2.44. The monoisotopic (exact) mass is 530 g/mol. The minimum atomic E-state index is -0.459. The van der Waals surface area contributed by atoms with Crippen LogP contribution in [0.5, 0.6) is 0 Å². The third kappa shape index (κ3) is 15.8. The highest BCUT2D eigenvalue weighted by Gasteiger charge is 2.32. The van der Waals surface area contributed by atoms with E-state index in [1.54, 1.807) is 0 Å². The maximum absolute atomic E-state index is 6.32. The van der Waals surface area contributed by atoms with Crippen LogP contribution in [0.15, 0.2) is 0 Å². The summed E-state index contributed by atoms with van der Waals surface area (Å²) in [6.07, 6.45) is 9.06. The molecule has 0 fully saturated rings. The molecule has 0 heterocycles. The van der Waals surface area contributed by atoms with Gasteiger partial charge in [0.25, 0.3) is 0 Å². The Hall–Kier alpha value is 1.32. The van der Waals surface area contributed by atoms with E-state index in [9.17, 15) is 0 Å². The summed E-state index contributed by atoms with van der Waals surface area (Å²) in [6, 6.07) is 0. The number of unbranched alkanes of at least 4 members (excludes halogenated alkanes) is 4. The van der Waals surface area contributed by atoms with Gasteiger partial charge in [-0.05, 0) is 35.5 Å². The van der Waals surface area contributed by atoms with Crippen molar-refractivity contribution in [1.82, 2.24) is 0 Å². The van der Waals surface area contributed by atoms with Crippen LogP contribution in [0.1, 0.15) is 79.1 Å². The van der Waals surface area contributed by atoms with Crippen molar-refractivity contribution < 1.29 is 18.9 Å². The first kappa shape index (κ1) is 32.3. The summed E-state index contributed by atoms with van der Waals surface area (Å²) in [6.45, 7) is 16.7. The third-order valence-corrected chi connectivity index (χ3v) is 13.7. The van der Waals surface area contributed by atoms with Crippen molar-refractivity contribution in [3.8, 4) is 0 Å². The minimum Gasteiger partial charge on any atom is -0.354 e. The molecule has 0 saturated heterocycles. The molecule has 0 spiro atoms. The maximum Gasteiger partial charge on any atom is 0.154 e. The lowest BCUT2D eigenvalue weighted by molar-refractivity contribution is -0.166. The third-order valence-electron chi connectivity index (χ3n) is 5.18. The van der Waals surface area contributed by atoms with E-state index in [2.05, 4.69) is 40.8 Å². The molecular weight excluding hydrogens is 481 g/mol. The van der Waals surface area contributed by atoms with Crippen LogP contribution in [-0.2, 0) is 18.9 Å². The first-order valence-electron chi connectivity index (χ1n) is 12.5. The Kier molecular flexibility index (Phi) is 22.8. The lowest BCUT2D eigenvalue weighted by atomic mass is 10.3. The van der Waals surface area contributed by atoms with Crippen LogP contribution in [0.4, 0.5) is 0 Å². The Morgan fingerprint density at radius 2 is 0.839 bits per heavy atom. The molecule has 9 heteroatoms. The number of hydrogen-bond acceptors (Lipinski definition) is 7. The molecule has 0 radical (unpaired) electrons. The highest BCUT2D eigenvalue weighted by Crippen LogP contribution is 2.40. The molecule has 4 nitrogen and oxygen atoms in total. The molecule has 0 aliphatic carbocycles. The highest BCUT2D eigenvalue weighted by molar-refractivity contribution is 9.09. The quantitative estimate of drug-likeness (QED) is 0.0653. The van der Waals surface area contributed by atoms with Gasteiger partial charge >= 0.3 is 0 Å². The van der Waals surface area contributed by atoms with Crippen molar-refractivity contribution in [2.75, 3.05) is 37.9 Å². The maximum atomic E-state index is 6.32. The van der Waals surface area contributed by atoms with Crippen LogP contribution in [-0.4, -0.2) is 67.8 Å². The van der Waals surface area contributed by atoms with Gasteiger partial charge in [-0.2, -0.15) is 0 Å². The standard InChI is InChI=1S/C22H50O4S3Si2/c1-7-11-15-23-21(30-5,24-16-12-8-2)19-27-29-28-20-22(31-6,25-17-13-9-3)26-18-14-10-4/h7-20,30-31H2,1-6H3. The second-order valence-corrected chi connectivity index (χ2v) is 15.7. The second-order valence-electron chi connectivity index (χ2n) is 7.93. The average molecular weight is 531 g/mol. The van der Waals surface area contributed by atoms with Crippen molar-refractivity contribution in [3.63, 3.8) is 0 Å². The first-order chi connectivity index (χ1) is 15.1. The smallest absolute Gasteiger partial charge is 0.154 e. The van der Waals surface area contributed by atoms with Gasteiger partial charge in [-0.3, -0.25) is 0 Å². The Morgan fingerprint density at radius 3 is 1.06 bits per heavy atom. The van der Waals surface area contributed by atoms with Gasteiger partial charge < -0.3 is 18.9 Å². The van der Waals surface area contributed by atoms with Gasteiger partial charge in [0, 0.05) is 26.4 Å². The molecular formula is C22H50O4S3Si2. The summed E-state index contributed by atoms with van der Waals surface area (Å²) in [7, 11) is 4.69. The van der Waals surface area contributed by atoms with Gasteiger partial charge in [0.1, 0.15) is 0 Å². The molecule has 0 aromatic carbocycles. The van der Waals surface area contributed by atoms with E-state index >= 15 is 0 Å². The molecule has 0 amide bonds. The SMILES string of the molecule is CCCCOC(CSSSCC(OCCCC)(OCCCC)[SiH2]C)(OCCCC)[SiH2]C. The zero-order chi connectivity index (χ0) is 23.3. The molecule has 0 aromatic rings. The highest BCUT2D eigenvalue weighted by atomic mass is 33.5. The Labute approximate surface area is 209 Å². The van der Waals surface area contributed by atoms with Crippen LogP contribution in [0.3, 0.4) is 0 Å². The number of ether oxygens (including phenoxy) is 4. The molecule has 0 rings (SSSR count). The van der Waals surface area contributed by atoms with Crippen LogP contribution >= 0.6 is 31.4 Å². The Balaban J connectivity index is 4.66. The van der Waals surface area contributed by atoms with Crippen LogP contribution in [0.25, 0.3) is 0 Å². The van der Waals surface area contributed by atoms with E-state index < -0.39 is 19.0 Å². The van der Waals surface area contributed by atoms with Crippen molar-refractivity contribution in [2.45, 2.75) is 103 Å². The topological polar surface area (TPSA) is 36.9 Å². The van der Waals surface area contributed by atoms with Crippen molar-refractivity contribution in [1.29, 1.82) is 0 Å². The van der Waals surface area contributed by atoms with Crippen molar-refractivity contribution >= 4 is 50.5 Å². The number of rotatable bonds is 24. The fraction of sp³-hybridized carbons (Fsp3) is 1.00. The van der Waals surface area contributed by atoms with Crippen LogP contribution in [0.2, 0.25) is 13.1 Å². The minimum absolute atomic E-state index is 0.325. The summed E-state index contributed by atoms with van der Waals surface area (Å²) in [5.74, 6) is 1.81. The Morgan fingerprint density at radius 1 is 0.548 bits per heavy atom. The lowest BCUT2D eigenvalue weighted by Gasteiger charge is -2.34. The van der Waals surface area contributed by atoms with Crippen LogP contribution < -0.4 is 0 Å². The van der Waals surface area contributed by atoms with E-state index in [1.165, 1.54) is 0 Å². The summed E-state index contributed by atoms with van der Waals surface area (Å²) in [4.78, 5) is 0.